The van der Waals surface area contributed by atoms with E-state index in [1.165, 1.54) is 37.7 Å². The Kier molecular flexibility index (Phi) is 1.98. The van der Waals surface area contributed by atoms with Crippen LogP contribution in [0.15, 0.2) is 12.2 Å². The Labute approximate surface area is 86.8 Å². The minimum absolute atomic E-state index is 0.715. The zero-order valence-corrected chi connectivity index (χ0v) is 8.91. The van der Waals surface area contributed by atoms with Gasteiger partial charge in [-0.05, 0) is 61.7 Å². The lowest BCUT2D eigenvalue weighted by atomic mass is 9.50. The second-order valence-corrected chi connectivity index (χ2v) is 5.82. The maximum Gasteiger partial charge on any atom is 0.0137 e. The molecule has 0 aromatic rings. The molecule has 4 saturated carbocycles. The number of hydrogen-bond acceptors (Lipinski definition) is 1. The third kappa shape index (κ3) is 1.18. The highest BCUT2D eigenvalue weighted by atomic mass is 14.6. The highest BCUT2D eigenvalue weighted by molar-refractivity contribution is 5.12. The van der Waals surface area contributed by atoms with E-state index in [-0.39, 0.29) is 0 Å². The van der Waals surface area contributed by atoms with Gasteiger partial charge in [0.25, 0.3) is 0 Å². The second-order valence-electron chi connectivity index (χ2n) is 5.82. The Morgan fingerprint density at radius 3 is 1.93 bits per heavy atom. The minimum Gasteiger partial charge on any atom is -0.327 e. The van der Waals surface area contributed by atoms with Gasteiger partial charge < -0.3 is 5.73 Å². The van der Waals surface area contributed by atoms with Gasteiger partial charge in [-0.25, -0.2) is 0 Å². The van der Waals surface area contributed by atoms with E-state index < -0.39 is 0 Å². The molecule has 0 atom stereocenters. The van der Waals surface area contributed by atoms with Crippen molar-refractivity contribution >= 4 is 0 Å². The van der Waals surface area contributed by atoms with Gasteiger partial charge in [-0.3, -0.25) is 0 Å². The molecule has 4 aliphatic carbocycles. The van der Waals surface area contributed by atoms with Gasteiger partial charge in [-0.1, -0.05) is 12.2 Å². The van der Waals surface area contributed by atoms with E-state index in [1.807, 2.05) is 0 Å². The van der Waals surface area contributed by atoms with Crippen molar-refractivity contribution in [3.63, 3.8) is 0 Å². The zero-order valence-electron chi connectivity index (χ0n) is 8.91. The molecule has 0 aromatic heterocycles. The summed E-state index contributed by atoms with van der Waals surface area (Å²) >= 11 is 0. The molecular formula is C13H21N. The quantitative estimate of drug-likeness (QED) is 0.667. The molecule has 2 N–H and O–H groups in total. The molecule has 4 aliphatic rings. The van der Waals surface area contributed by atoms with Crippen molar-refractivity contribution in [1.82, 2.24) is 0 Å². The highest BCUT2D eigenvalue weighted by Gasteiger charge is 2.48. The summed E-state index contributed by atoms with van der Waals surface area (Å²) in [6.45, 7) is 4.91. The predicted molar refractivity (Wildman–Crippen MR) is 58.7 cm³/mol. The molecule has 0 aromatic carbocycles. The van der Waals surface area contributed by atoms with Crippen molar-refractivity contribution in [3.8, 4) is 0 Å². The molecule has 14 heavy (non-hydrogen) atoms. The van der Waals surface area contributed by atoms with E-state index in [4.69, 9.17) is 5.73 Å². The SMILES string of the molecule is C=C(CN)C1C2CC3CC(C2)CC1C3. The fourth-order valence-electron chi connectivity index (χ4n) is 4.73. The first kappa shape index (κ1) is 8.96. The van der Waals surface area contributed by atoms with Gasteiger partial charge in [-0.2, -0.15) is 0 Å². The van der Waals surface area contributed by atoms with Crippen molar-refractivity contribution in [2.75, 3.05) is 6.54 Å². The van der Waals surface area contributed by atoms with Gasteiger partial charge in [0, 0.05) is 6.54 Å². The summed E-state index contributed by atoms with van der Waals surface area (Å²) in [5, 5.41) is 0. The molecule has 1 nitrogen and oxygen atoms in total. The summed E-state index contributed by atoms with van der Waals surface area (Å²) in [4.78, 5) is 0. The van der Waals surface area contributed by atoms with Gasteiger partial charge in [0.2, 0.25) is 0 Å². The van der Waals surface area contributed by atoms with Crippen molar-refractivity contribution in [2.24, 2.45) is 35.3 Å². The van der Waals surface area contributed by atoms with Crippen molar-refractivity contribution in [2.45, 2.75) is 32.1 Å². The van der Waals surface area contributed by atoms with Crippen molar-refractivity contribution in [3.05, 3.63) is 12.2 Å². The Balaban J connectivity index is 1.84. The van der Waals surface area contributed by atoms with E-state index in [9.17, 15) is 0 Å². The summed E-state index contributed by atoms with van der Waals surface area (Å²) in [5.74, 6) is 4.86. The van der Waals surface area contributed by atoms with E-state index in [0.29, 0.717) is 6.54 Å². The van der Waals surface area contributed by atoms with Gasteiger partial charge in [0.15, 0.2) is 0 Å². The van der Waals surface area contributed by atoms with Crippen LogP contribution in [0.5, 0.6) is 0 Å². The molecule has 0 heterocycles. The molecule has 0 amide bonds. The Hall–Kier alpha value is -0.300. The molecule has 78 valence electrons. The topological polar surface area (TPSA) is 26.0 Å². The molecule has 4 rings (SSSR count). The molecule has 4 fully saturated rings. The first-order valence-electron chi connectivity index (χ1n) is 6.15. The van der Waals surface area contributed by atoms with Crippen LogP contribution in [0.1, 0.15) is 32.1 Å². The van der Waals surface area contributed by atoms with Gasteiger partial charge in [0.1, 0.15) is 0 Å². The van der Waals surface area contributed by atoms with Crippen LogP contribution in [0.2, 0.25) is 0 Å². The fraction of sp³-hybridized carbons (Fsp3) is 0.846. The van der Waals surface area contributed by atoms with E-state index in [1.54, 1.807) is 0 Å². The van der Waals surface area contributed by atoms with Crippen molar-refractivity contribution < 1.29 is 0 Å². The van der Waals surface area contributed by atoms with E-state index in [2.05, 4.69) is 6.58 Å². The van der Waals surface area contributed by atoms with Crippen LogP contribution >= 0.6 is 0 Å². The van der Waals surface area contributed by atoms with Crippen LogP contribution in [0.4, 0.5) is 0 Å². The average Bonchev–Trinajstić information content (AvgIpc) is 2.15. The maximum atomic E-state index is 5.75. The molecule has 4 bridgehead atoms. The largest absolute Gasteiger partial charge is 0.327 e. The number of nitrogens with two attached hydrogens (primary N) is 1. The van der Waals surface area contributed by atoms with Crippen LogP contribution in [0.3, 0.4) is 0 Å². The summed E-state index contributed by atoms with van der Waals surface area (Å²) < 4.78 is 0. The second kappa shape index (κ2) is 3.10. The molecular weight excluding hydrogens is 170 g/mol. The first-order valence-corrected chi connectivity index (χ1v) is 6.15. The predicted octanol–water partition coefficient (Wildman–Crippen LogP) is 2.57. The zero-order chi connectivity index (χ0) is 9.71. The standard InChI is InChI=1S/C13H21N/c1-8(7-14)13-11-3-9-2-10(5-11)6-12(13)4-9/h9-13H,1-7,14H2. The van der Waals surface area contributed by atoms with Crippen LogP contribution in [-0.4, -0.2) is 6.54 Å². The summed E-state index contributed by atoms with van der Waals surface area (Å²) in [7, 11) is 0. The normalized spacial score (nSPS) is 49.6. The van der Waals surface area contributed by atoms with Crippen LogP contribution in [0, 0.1) is 29.6 Å². The molecule has 0 saturated heterocycles. The smallest absolute Gasteiger partial charge is 0.0137 e. The van der Waals surface area contributed by atoms with Gasteiger partial charge >= 0.3 is 0 Å². The van der Waals surface area contributed by atoms with Gasteiger partial charge in [0.05, 0.1) is 0 Å². The minimum atomic E-state index is 0.715. The number of rotatable bonds is 2. The fourth-order valence-corrected chi connectivity index (χ4v) is 4.73. The molecule has 0 spiro atoms. The lowest BCUT2D eigenvalue weighted by Crippen LogP contribution is -2.46. The maximum absolute atomic E-state index is 5.75. The lowest BCUT2D eigenvalue weighted by molar-refractivity contribution is -0.0209. The first-order chi connectivity index (χ1) is 6.78. The Morgan fingerprint density at radius 1 is 1.00 bits per heavy atom. The molecule has 0 aliphatic heterocycles. The van der Waals surface area contributed by atoms with Crippen molar-refractivity contribution in [1.29, 1.82) is 0 Å². The monoisotopic (exact) mass is 191 g/mol. The third-order valence-electron chi connectivity index (χ3n) is 4.96. The molecule has 1 heteroatoms. The molecule has 0 unspecified atom stereocenters. The van der Waals surface area contributed by atoms with Crippen LogP contribution < -0.4 is 5.73 Å². The summed E-state index contributed by atoms with van der Waals surface area (Å²) in [6, 6.07) is 0. The van der Waals surface area contributed by atoms with Crippen LogP contribution in [-0.2, 0) is 0 Å². The van der Waals surface area contributed by atoms with Gasteiger partial charge in [-0.15, -0.1) is 0 Å². The summed E-state index contributed by atoms with van der Waals surface area (Å²) in [6.07, 6.45) is 7.47. The highest BCUT2D eigenvalue weighted by Crippen LogP contribution is 2.57. The van der Waals surface area contributed by atoms with E-state index >= 15 is 0 Å². The Bertz CT molecular complexity index is 228. The summed E-state index contributed by atoms with van der Waals surface area (Å²) in [5.41, 5.74) is 7.10. The lowest BCUT2D eigenvalue weighted by Gasteiger charge is -2.55. The van der Waals surface area contributed by atoms with Crippen LogP contribution in [0.25, 0.3) is 0 Å². The van der Waals surface area contributed by atoms with E-state index in [0.717, 1.165) is 29.6 Å². The number of hydrogen-bond donors (Lipinski definition) is 1. The Morgan fingerprint density at radius 2 is 1.50 bits per heavy atom. The average molecular weight is 191 g/mol. The molecule has 0 radical (unpaired) electrons. The third-order valence-corrected chi connectivity index (χ3v) is 4.96.